The Morgan fingerprint density at radius 3 is 2.62 bits per heavy atom. The number of nitrogens with two attached hydrogens (primary N) is 1. The van der Waals surface area contributed by atoms with Gasteiger partial charge >= 0.3 is 0 Å². The smallest absolute Gasteiger partial charge is 0.261 e. The summed E-state index contributed by atoms with van der Waals surface area (Å²) in [6.45, 7) is 4.24. The third kappa shape index (κ3) is 3.02. The summed E-state index contributed by atoms with van der Waals surface area (Å²) in [5.41, 5.74) is 7.41. The SMILES string of the molecule is CCc1sc(C(=O)NC2C3CCCC2CC(N)C3)cc1C. The highest BCUT2D eigenvalue weighted by Crippen LogP contribution is 2.40. The van der Waals surface area contributed by atoms with Gasteiger partial charge in [-0.1, -0.05) is 13.3 Å². The predicted molar refractivity (Wildman–Crippen MR) is 87.7 cm³/mol. The van der Waals surface area contributed by atoms with E-state index in [1.807, 2.05) is 6.07 Å². The van der Waals surface area contributed by atoms with Gasteiger partial charge < -0.3 is 11.1 Å². The van der Waals surface area contributed by atoms with Crippen LogP contribution in [-0.4, -0.2) is 18.0 Å². The van der Waals surface area contributed by atoms with Crippen LogP contribution in [0.5, 0.6) is 0 Å². The van der Waals surface area contributed by atoms with E-state index in [0.717, 1.165) is 24.1 Å². The number of aryl methyl sites for hydroxylation is 2. The predicted octanol–water partition coefficient (Wildman–Crippen LogP) is 3.25. The molecule has 2 aliphatic rings. The van der Waals surface area contributed by atoms with E-state index in [-0.39, 0.29) is 5.91 Å². The van der Waals surface area contributed by atoms with Crippen LogP contribution in [0.2, 0.25) is 0 Å². The third-order valence-corrected chi connectivity index (χ3v) is 6.62. The average molecular weight is 306 g/mol. The molecule has 3 nitrogen and oxygen atoms in total. The Balaban J connectivity index is 1.71. The number of nitrogens with one attached hydrogen (secondary N) is 1. The first-order chi connectivity index (χ1) is 10.1. The lowest BCUT2D eigenvalue weighted by Gasteiger charge is -2.45. The van der Waals surface area contributed by atoms with Gasteiger partial charge in [0, 0.05) is 17.0 Å². The number of thiophene rings is 1. The summed E-state index contributed by atoms with van der Waals surface area (Å²) >= 11 is 1.65. The number of fused-ring (bicyclic) bond motifs is 2. The van der Waals surface area contributed by atoms with E-state index in [1.54, 1.807) is 11.3 Å². The molecule has 4 heteroatoms. The number of hydrogen-bond acceptors (Lipinski definition) is 3. The van der Waals surface area contributed by atoms with Crippen LogP contribution in [-0.2, 0) is 6.42 Å². The Labute approximate surface area is 131 Å². The first-order valence-corrected chi connectivity index (χ1v) is 9.06. The molecule has 2 atom stereocenters. The summed E-state index contributed by atoms with van der Waals surface area (Å²) in [4.78, 5) is 14.8. The summed E-state index contributed by atoms with van der Waals surface area (Å²) in [5, 5.41) is 3.34. The van der Waals surface area contributed by atoms with Crippen LogP contribution in [0, 0.1) is 18.8 Å². The number of carbonyl (C=O) groups excluding carboxylic acids is 1. The van der Waals surface area contributed by atoms with Crippen LogP contribution in [0.4, 0.5) is 0 Å². The molecule has 116 valence electrons. The third-order valence-electron chi connectivity index (χ3n) is 5.24. The minimum Gasteiger partial charge on any atom is -0.348 e. The van der Waals surface area contributed by atoms with Crippen LogP contribution in [0.15, 0.2) is 6.07 Å². The maximum absolute atomic E-state index is 12.6. The van der Waals surface area contributed by atoms with E-state index in [2.05, 4.69) is 19.2 Å². The molecule has 0 radical (unpaired) electrons. The van der Waals surface area contributed by atoms with Gasteiger partial charge in [-0.2, -0.15) is 0 Å². The number of rotatable bonds is 3. The van der Waals surface area contributed by atoms with Crippen LogP contribution in [0.25, 0.3) is 0 Å². The number of amides is 1. The molecule has 0 aliphatic heterocycles. The molecular weight excluding hydrogens is 280 g/mol. The van der Waals surface area contributed by atoms with E-state index < -0.39 is 0 Å². The van der Waals surface area contributed by atoms with Crippen LogP contribution in [0.3, 0.4) is 0 Å². The molecule has 21 heavy (non-hydrogen) atoms. The van der Waals surface area contributed by atoms with E-state index in [0.29, 0.717) is 23.9 Å². The maximum Gasteiger partial charge on any atom is 0.261 e. The molecule has 3 rings (SSSR count). The van der Waals surface area contributed by atoms with Gasteiger partial charge in [0.15, 0.2) is 0 Å². The van der Waals surface area contributed by atoms with Crippen molar-refractivity contribution in [2.24, 2.45) is 17.6 Å². The highest BCUT2D eigenvalue weighted by Gasteiger charge is 2.40. The zero-order valence-corrected chi connectivity index (χ0v) is 13.8. The van der Waals surface area contributed by atoms with Gasteiger partial charge in [0.05, 0.1) is 4.88 Å². The molecule has 2 fully saturated rings. The molecule has 2 saturated carbocycles. The maximum atomic E-state index is 12.6. The van der Waals surface area contributed by atoms with Crippen molar-refractivity contribution in [2.45, 2.75) is 64.5 Å². The van der Waals surface area contributed by atoms with Gasteiger partial charge in [-0.05, 0) is 62.5 Å². The molecule has 0 aromatic carbocycles. The summed E-state index contributed by atoms with van der Waals surface area (Å²) in [7, 11) is 0. The Bertz CT molecular complexity index is 511. The second kappa shape index (κ2) is 6.09. The minimum absolute atomic E-state index is 0.125. The molecule has 1 aromatic heterocycles. The van der Waals surface area contributed by atoms with Crippen molar-refractivity contribution in [3.63, 3.8) is 0 Å². The highest BCUT2D eigenvalue weighted by molar-refractivity contribution is 7.14. The summed E-state index contributed by atoms with van der Waals surface area (Å²) in [6.07, 6.45) is 6.90. The molecule has 0 spiro atoms. The highest BCUT2D eigenvalue weighted by atomic mass is 32.1. The van der Waals surface area contributed by atoms with Crippen molar-refractivity contribution in [1.82, 2.24) is 5.32 Å². The molecule has 2 unspecified atom stereocenters. The first-order valence-electron chi connectivity index (χ1n) is 8.24. The fraction of sp³-hybridized carbons (Fsp3) is 0.706. The standard InChI is InChI=1S/C17H26N2OS/c1-3-14-10(2)7-15(21-14)17(20)19-16-11-5-4-6-12(16)9-13(18)8-11/h7,11-13,16H,3-6,8-9,18H2,1-2H3,(H,19,20). The molecule has 0 saturated heterocycles. The van der Waals surface area contributed by atoms with Crippen molar-refractivity contribution >= 4 is 17.2 Å². The number of hydrogen-bond donors (Lipinski definition) is 2. The van der Waals surface area contributed by atoms with Gasteiger partial charge in [0.25, 0.3) is 5.91 Å². The van der Waals surface area contributed by atoms with Gasteiger partial charge in [-0.25, -0.2) is 0 Å². The fourth-order valence-electron chi connectivity index (χ4n) is 4.23. The van der Waals surface area contributed by atoms with Gasteiger partial charge in [-0.15, -0.1) is 11.3 Å². The number of carbonyl (C=O) groups is 1. The second-order valence-corrected chi connectivity index (χ2v) is 7.89. The van der Waals surface area contributed by atoms with Crippen molar-refractivity contribution in [3.05, 3.63) is 21.4 Å². The minimum atomic E-state index is 0.125. The first kappa shape index (κ1) is 15.0. The molecule has 1 heterocycles. The van der Waals surface area contributed by atoms with Gasteiger partial charge in [0.2, 0.25) is 0 Å². The average Bonchev–Trinajstić information content (AvgIpc) is 2.81. The van der Waals surface area contributed by atoms with Crippen molar-refractivity contribution < 1.29 is 4.79 Å². The van der Waals surface area contributed by atoms with Crippen molar-refractivity contribution in [1.29, 1.82) is 0 Å². The van der Waals surface area contributed by atoms with Crippen LogP contribution >= 0.6 is 11.3 Å². The molecule has 3 N–H and O–H groups in total. The van der Waals surface area contributed by atoms with Gasteiger partial charge in [-0.3, -0.25) is 4.79 Å². The Hall–Kier alpha value is -0.870. The molecular formula is C17H26N2OS. The topological polar surface area (TPSA) is 55.1 Å². The quantitative estimate of drug-likeness (QED) is 0.900. The lowest BCUT2D eigenvalue weighted by molar-refractivity contribution is 0.0759. The van der Waals surface area contributed by atoms with E-state index in [4.69, 9.17) is 5.73 Å². The lowest BCUT2D eigenvalue weighted by Crippen LogP contribution is -2.53. The van der Waals surface area contributed by atoms with E-state index in [9.17, 15) is 4.79 Å². The molecule has 1 amide bonds. The Morgan fingerprint density at radius 2 is 2.05 bits per heavy atom. The molecule has 1 aromatic rings. The zero-order chi connectivity index (χ0) is 15.0. The Morgan fingerprint density at radius 1 is 1.38 bits per heavy atom. The summed E-state index contributed by atoms with van der Waals surface area (Å²) in [6, 6.07) is 2.73. The van der Waals surface area contributed by atoms with E-state index in [1.165, 1.54) is 29.7 Å². The van der Waals surface area contributed by atoms with Gasteiger partial charge in [0.1, 0.15) is 0 Å². The van der Waals surface area contributed by atoms with Crippen LogP contribution in [0.1, 0.15) is 59.1 Å². The largest absolute Gasteiger partial charge is 0.348 e. The van der Waals surface area contributed by atoms with E-state index >= 15 is 0 Å². The lowest BCUT2D eigenvalue weighted by atomic mass is 9.67. The second-order valence-electron chi connectivity index (χ2n) is 6.75. The monoisotopic (exact) mass is 306 g/mol. The normalized spacial score (nSPS) is 32.0. The molecule has 2 bridgehead atoms. The zero-order valence-electron chi connectivity index (χ0n) is 13.0. The summed E-state index contributed by atoms with van der Waals surface area (Å²) in [5.74, 6) is 1.30. The molecule has 2 aliphatic carbocycles. The van der Waals surface area contributed by atoms with Crippen LogP contribution < -0.4 is 11.1 Å². The van der Waals surface area contributed by atoms with Crippen molar-refractivity contribution in [2.75, 3.05) is 0 Å². The van der Waals surface area contributed by atoms with Crippen molar-refractivity contribution in [3.8, 4) is 0 Å². The fourth-order valence-corrected chi connectivity index (χ4v) is 5.25. The summed E-state index contributed by atoms with van der Waals surface area (Å²) < 4.78 is 0. The Kier molecular flexibility index (Phi) is 4.36.